The summed E-state index contributed by atoms with van der Waals surface area (Å²) in [5.74, 6) is -0.618. The number of ketones is 1. The SMILES string of the molecule is C[C@@H](N[C@H](C)c1nc(-c2cccnc2)cs1)C(=O)c1c(N)n(C)c(=O)n(C)c1=O. The third-order valence-electron chi connectivity index (χ3n) is 4.70. The maximum absolute atomic E-state index is 12.9. The molecule has 3 heterocycles. The van der Waals surface area contributed by atoms with Crippen LogP contribution >= 0.6 is 11.3 Å². The number of rotatable bonds is 6. The van der Waals surface area contributed by atoms with Crippen LogP contribution in [0.15, 0.2) is 39.5 Å². The molecule has 0 saturated heterocycles. The van der Waals surface area contributed by atoms with Crippen LogP contribution in [0, 0.1) is 0 Å². The van der Waals surface area contributed by atoms with E-state index in [4.69, 9.17) is 5.73 Å². The Morgan fingerprint density at radius 2 is 1.97 bits per heavy atom. The van der Waals surface area contributed by atoms with Gasteiger partial charge in [0.15, 0.2) is 5.78 Å². The van der Waals surface area contributed by atoms with E-state index in [2.05, 4.69) is 15.3 Å². The van der Waals surface area contributed by atoms with Gasteiger partial charge in [-0.3, -0.25) is 29.0 Å². The van der Waals surface area contributed by atoms with Crippen LogP contribution in [-0.4, -0.2) is 30.9 Å². The van der Waals surface area contributed by atoms with Crippen molar-refractivity contribution in [3.05, 3.63) is 61.3 Å². The van der Waals surface area contributed by atoms with Crippen molar-refractivity contribution in [1.29, 1.82) is 0 Å². The van der Waals surface area contributed by atoms with Crippen LogP contribution in [0.25, 0.3) is 11.3 Å². The Morgan fingerprint density at radius 1 is 1.24 bits per heavy atom. The zero-order valence-electron chi connectivity index (χ0n) is 16.5. The van der Waals surface area contributed by atoms with E-state index >= 15 is 0 Å². The molecule has 0 unspecified atom stereocenters. The highest BCUT2D eigenvalue weighted by atomic mass is 32.1. The van der Waals surface area contributed by atoms with E-state index in [1.807, 2.05) is 24.4 Å². The van der Waals surface area contributed by atoms with Crippen molar-refractivity contribution in [3.8, 4) is 11.3 Å². The maximum atomic E-state index is 12.9. The molecule has 3 aromatic heterocycles. The molecule has 0 bridgehead atoms. The van der Waals surface area contributed by atoms with Gasteiger partial charge in [-0.05, 0) is 26.0 Å². The molecule has 152 valence electrons. The Kier molecular flexibility index (Phi) is 5.76. The maximum Gasteiger partial charge on any atom is 0.332 e. The molecule has 0 radical (unpaired) electrons. The molecule has 2 atom stereocenters. The molecular formula is C19H22N6O3S. The fraction of sp³-hybridized carbons (Fsp3) is 0.316. The number of hydrogen-bond donors (Lipinski definition) is 2. The van der Waals surface area contributed by atoms with E-state index in [0.29, 0.717) is 0 Å². The van der Waals surface area contributed by atoms with Gasteiger partial charge in [-0.1, -0.05) is 0 Å². The minimum atomic E-state index is -0.705. The van der Waals surface area contributed by atoms with Gasteiger partial charge in [0.2, 0.25) is 0 Å². The molecule has 3 aromatic rings. The number of nitrogen functional groups attached to an aromatic ring is 1. The van der Waals surface area contributed by atoms with Gasteiger partial charge < -0.3 is 5.73 Å². The van der Waals surface area contributed by atoms with E-state index in [9.17, 15) is 14.4 Å². The molecule has 0 saturated carbocycles. The zero-order chi connectivity index (χ0) is 21.3. The van der Waals surface area contributed by atoms with Gasteiger partial charge in [-0.15, -0.1) is 11.3 Å². The van der Waals surface area contributed by atoms with Crippen molar-refractivity contribution in [2.24, 2.45) is 14.1 Å². The van der Waals surface area contributed by atoms with Crippen molar-refractivity contribution >= 4 is 22.9 Å². The third kappa shape index (κ3) is 3.89. The molecule has 3 N–H and O–H groups in total. The largest absolute Gasteiger partial charge is 0.384 e. The Balaban J connectivity index is 1.81. The summed E-state index contributed by atoms with van der Waals surface area (Å²) in [4.78, 5) is 46.0. The summed E-state index contributed by atoms with van der Waals surface area (Å²) >= 11 is 1.47. The van der Waals surface area contributed by atoms with E-state index in [1.165, 1.54) is 25.4 Å². The Labute approximate surface area is 170 Å². The Morgan fingerprint density at radius 3 is 2.62 bits per heavy atom. The highest BCUT2D eigenvalue weighted by molar-refractivity contribution is 7.10. The molecule has 0 aromatic carbocycles. The highest BCUT2D eigenvalue weighted by Gasteiger charge is 2.26. The summed E-state index contributed by atoms with van der Waals surface area (Å²) in [6.45, 7) is 3.54. The molecule has 0 amide bonds. The number of hydrogen-bond acceptors (Lipinski definition) is 8. The molecule has 0 fully saturated rings. The first-order chi connectivity index (χ1) is 13.7. The number of carbonyl (C=O) groups excluding carboxylic acids is 1. The van der Waals surface area contributed by atoms with Gasteiger partial charge in [0.25, 0.3) is 5.56 Å². The van der Waals surface area contributed by atoms with E-state index in [1.54, 1.807) is 19.3 Å². The predicted octanol–water partition coefficient (Wildman–Crippen LogP) is 1.11. The second-order valence-corrected chi connectivity index (χ2v) is 7.64. The topological polar surface area (TPSA) is 125 Å². The Hall–Kier alpha value is -3.11. The molecule has 0 aliphatic rings. The zero-order valence-corrected chi connectivity index (χ0v) is 17.4. The van der Waals surface area contributed by atoms with Crippen LogP contribution < -0.4 is 22.3 Å². The average molecular weight is 414 g/mol. The third-order valence-corrected chi connectivity index (χ3v) is 5.73. The lowest BCUT2D eigenvalue weighted by molar-refractivity contribution is 0.0943. The highest BCUT2D eigenvalue weighted by Crippen LogP contribution is 2.25. The molecule has 0 aliphatic carbocycles. The van der Waals surface area contributed by atoms with Crippen LogP contribution in [0.2, 0.25) is 0 Å². The fourth-order valence-electron chi connectivity index (χ4n) is 2.96. The quantitative estimate of drug-likeness (QED) is 0.579. The molecule has 10 heteroatoms. The summed E-state index contributed by atoms with van der Waals surface area (Å²) < 4.78 is 1.96. The van der Waals surface area contributed by atoms with Gasteiger partial charge in [-0.2, -0.15) is 0 Å². The van der Waals surface area contributed by atoms with Crippen molar-refractivity contribution in [2.75, 3.05) is 5.73 Å². The van der Waals surface area contributed by atoms with Crippen molar-refractivity contribution in [2.45, 2.75) is 25.9 Å². The smallest absolute Gasteiger partial charge is 0.332 e. The second kappa shape index (κ2) is 8.10. The number of pyridine rings is 1. The summed E-state index contributed by atoms with van der Waals surface area (Å²) in [5, 5.41) is 5.88. The summed E-state index contributed by atoms with van der Waals surface area (Å²) in [5.41, 5.74) is 6.12. The first-order valence-corrected chi connectivity index (χ1v) is 9.82. The van der Waals surface area contributed by atoms with E-state index in [0.717, 1.165) is 25.4 Å². The summed E-state index contributed by atoms with van der Waals surface area (Å²) in [6.07, 6.45) is 3.44. The summed E-state index contributed by atoms with van der Waals surface area (Å²) in [7, 11) is 2.74. The predicted molar refractivity (Wildman–Crippen MR) is 112 cm³/mol. The molecular weight excluding hydrogens is 392 g/mol. The molecule has 29 heavy (non-hydrogen) atoms. The van der Waals surface area contributed by atoms with Gasteiger partial charge in [-0.25, -0.2) is 9.78 Å². The van der Waals surface area contributed by atoms with Crippen molar-refractivity contribution in [3.63, 3.8) is 0 Å². The number of aromatic nitrogens is 4. The first-order valence-electron chi connectivity index (χ1n) is 8.94. The number of nitrogens with two attached hydrogens (primary N) is 1. The molecule has 9 nitrogen and oxygen atoms in total. The molecule has 0 spiro atoms. The molecule has 0 aliphatic heterocycles. The minimum absolute atomic E-state index is 0.141. The first kappa shape index (κ1) is 20.6. The van der Waals surface area contributed by atoms with Gasteiger partial charge in [0, 0.05) is 37.4 Å². The van der Waals surface area contributed by atoms with Crippen LogP contribution in [0.1, 0.15) is 35.3 Å². The molecule has 3 rings (SSSR count). The number of nitrogens with zero attached hydrogens (tertiary/aromatic N) is 4. The van der Waals surface area contributed by atoms with E-state index in [-0.39, 0.29) is 17.4 Å². The second-order valence-electron chi connectivity index (χ2n) is 6.75. The number of anilines is 1. The lowest BCUT2D eigenvalue weighted by Crippen LogP contribution is -2.45. The number of carbonyl (C=O) groups is 1. The van der Waals surface area contributed by atoms with Crippen molar-refractivity contribution < 1.29 is 4.79 Å². The van der Waals surface area contributed by atoms with Gasteiger partial charge in [0.1, 0.15) is 16.4 Å². The van der Waals surface area contributed by atoms with Crippen LogP contribution in [0.5, 0.6) is 0 Å². The normalized spacial score (nSPS) is 13.2. The van der Waals surface area contributed by atoms with E-state index < -0.39 is 23.1 Å². The lowest BCUT2D eigenvalue weighted by atomic mass is 10.1. The monoisotopic (exact) mass is 414 g/mol. The van der Waals surface area contributed by atoms with Gasteiger partial charge in [0.05, 0.1) is 17.8 Å². The summed E-state index contributed by atoms with van der Waals surface area (Å²) in [6, 6.07) is 2.83. The Bertz CT molecular complexity index is 1160. The standard InChI is InChI=1S/C19H22N6O3S/c1-10(15(26)14-16(20)24(3)19(28)25(4)18(14)27)22-11(2)17-23-13(9-29-17)12-6-5-7-21-8-12/h5-11,22H,20H2,1-4H3/t10-,11-/m1/s1. The average Bonchev–Trinajstić information content (AvgIpc) is 3.22. The minimum Gasteiger partial charge on any atom is -0.384 e. The number of Topliss-reactive ketones (excluding diaryl/α,β-unsaturated/α-hetero) is 1. The van der Waals surface area contributed by atoms with Crippen LogP contribution in [0.3, 0.4) is 0 Å². The van der Waals surface area contributed by atoms with Crippen molar-refractivity contribution in [1.82, 2.24) is 24.4 Å². The lowest BCUT2D eigenvalue weighted by Gasteiger charge is -2.19. The van der Waals surface area contributed by atoms with Crippen LogP contribution in [-0.2, 0) is 14.1 Å². The number of thiazole rings is 1. The number of nitrogens with one attached hydrogen (secondary N) is 1. The van der Waals surface area contributed by atoms with Crippen LogP contribution in [0.4, 0.5) is 5.82 Å². The van der Waals surface area contributed by atoms with Gasteiger partial charge >= 0.3 is 5.69 Å². The fourth-order valence-corrected chi connectivity index (χ4v) is 3.81.